The standard InChI is InChI=1S/C17H28ClNSi/c1-4-5-8-13-20(2,3)15-9-10-16(18)17(14-15)19-11-6-7-12-19/h9-10,14H,4-8,11-13H2,1-3H3. The van der Waals surface area contributed by atoms with Gasteiger partial charge in [-0.25, -0.2) is 0 Å². The zero-order valence-electron chi connectivity index (χ0n) is 13.2. The molecule has 0 N–H and O–H groups in total. The molecule has 0 atom stereocenters. The summed E-state index contributed by atoms with van der Waals surface area (Å²) in [6.45, 7) is 9.61. The van der Waals surface area contributed by atoms with Crippen LogP contribution in [0.1, 0.15) is 39.0 Å². The van der Waals surface area contributed by atoms with Crippen LogP contribution in [0.25, 0.3) is 0 Å². The minimum atomic E-state index is -1.31. The molecule has 1 aliphatic rings. The van der Waals surface area contributed by atoms with E-state index in [0.717, 1.165) is 5.02 Å². The summed E-state index contributed by atoms with van der Waals surface area (Å²) in [6.07, 6.45) is 6.65. The number of unbranched alkanes of at least 4 members (excludes halogenated alkanes) is 2. The Kier molecular flexibility index (Phi) is 5.56. The number of halogens is 1. The molecule has 0 aliphatic carbocycles. The van der Waals surface area contributed by atoms with Gasteiger partial charge in [-0.2, -0.15) is 0 Å². The van der Waals surface area contributed by atoms with Crippen molar-refractivity contribution in [1.82, 2.24) is 0 Å². The fourth-order valence-corrected chi connectivity index (χ4v) is 5.82. The van der Waals surface area contributed by atoms with Crippen LogP contribution in [0, 0.1) is 0 Å². The third kappa shape index (κ3) is 3.79. The summed E-state index contributed by atoms with van der Waals surface area (Å²) in [5, 5.41) is 2.49. The smallest absolute Gasteiger partial charge is 0.0807 e. The molecule has 0 radical (unpaired) electrons. The molecule has 1 aromatic carbocycles. The van der Waals surface area contributed by atoms with Gasteiger partial charge in [0.15, 0.2) is 0 Å². The molecule has 2 rings (SSSR count). The SMILES string of the molecule is CCCCC[Si](C)(C)c1ccc(Cl)c(N2CCCC2)c1. The maximum atomic E-state index is 6.43. The van der Waals surface area contributed by atoms with Crippen LogP contribution in [0.4, 0.5) is 5.69 Å². The van der Waals surface area contributed by atoms with Gasteiger partial charge in [0.25, 0.3) is 0 Å². The molecule has 1 fully saturated rings. The molecule has 1 aliphatic heterocycles. The zero-order valence-corrected chi connectivity index (χ0v) is 15.0. The lowest BCUT2D eigenvalue weighted by Crippen LogP contribution is -2.41. The molecule has 0 amide bonds. The number of hydrogen-bond acceptors (Lipinski definition) is 1. The Labute approximate surface area is 130 Å². The molecule has 0 aromatic heterocycles. The van der Waals surface area contributed by atoms with E-state index >= 15 is 0 Å². The van der Waals surface area contributed by atoms with Crippen molar-refractivity contribution in [3.8, 4) is 0 Å². The van der Waals surface area contributed by atoms with Gasteiger partial charge in [-0.1, -0.05) is 68.2 Å². The van der Waals surface area contributed by atoms with Gasteiger partial charge < -0.3 is 4.90 Å². The van der Waals surface area contributed by atoms with Crippen molar-refractivity contribution in [2.45, 2.75) is 58.2 Å². The lowest BCUT2D eigenvalue weighted by atomic mass is 10.3. The molecule has 0 spiro atoms. The molecule has 3 heteroatoms. The van der Waals surface area contributed by atoms with Gasteiger partial charge in [0.1, 0.15) is 0 Å². The number of hydrogen-bond donors (Lipinski definition) is 0. The van der Waals surface area contributed by atoms with Crippen LogP contribution < -0.4 is 10.1 Å². The average molecular weight is 310 g/mol. The molecule has 1 aromatic rings. The minimum absolute atomic E-state index is 0.925. The summed E-state index contributed by atoms with van der Waals surface area (Å²) in [4.78, 5) is 2.46. The molecule has 1 nitrogen and oxygen atoms in total. The molecular weight excluding hydrogens is 282 g/mol. The minimum Gasteiger partial charge on any atom is -0.370 e. The van der Waals surface area contributed by atoms with Crippen LogP contribution in [0.3, 0.4) is 0 Å². The zero-order chi connectivity index (χ0) is 14.6. The maximum Gasteiger partial charge on any atom is 0.0807 e. The normalized spacial score (nSPS) is 15.9. The monoisotopic (exact) mass is 309 g/mol. The van der Waals surface area contributed by atoms with Crippen LogP contribution in [0.5, 0.6) is 0 Å². The molecule has 112 valence electrons. The lowest BCUT2D eigenvalue weighted by Gasteiger charge is -2.26. The highest BCUT2D eigenvalue weighted by Crippen LogP contribution is 2.29. The summed E-state index contributed by atoms with van der Waals surface area (Å²) < 4.78 is 0. The van der Waals surface area contributed by atoms with Gasteiger partial charge in [0, 0.05) is 13.1 Å². The van der Waals surface area contributed by atoms with Crippen molar-refractivity contribution in [3.05, 3.63) is 23.2 Å². The van der Waals surface area contributed by atoms with E-state index in [1.807, 2.05) is 0 Å². The second-order valence-electron chi connectivity index (χ2n) is 6.70. The van der Waals surface area contributed by atoms with Gasteiger partial charge in [0.05, 0.1) is 18.8 Å². The summed E-state index contributed by atoms with van der Waals surface area (Å²) >= 11 is 6.43. The molecule has 1 heterocycles. The molecule has 0 bridgehead atoms. The van der Waals surface area contributed by atoms with Crippen molar-refractivity contribution in [3.63, 3.8) is 0 Å². The van der Waals surface area contributed by atoms with Crippen molar-refractivity contribution < 1.29 is 0 Å². The fourth-order valence-electron chi connectivity index (χ4n) is 3.10. The van der Waals surface area contributed by atoms with Gasteiger partial charge in [0.2, 0.25) is 0 Å². The van der Waals surface area contributed by atoms with Crippen molar-refractivity contribution in [2.24, 2.45) is 0 Å². The Bertz CT molecular complexity index is 439. The Hall–Kier alpha value is -0.473. The average Bonchev–Trinajstić information content (AvgIpc) is 2.93. The van der Waals surface area contributed by atoms with Crippen LogP contribution >= 0.6 is 11.6 Å². The first-order valence-electron chi connectivity index (χ1n) is 8.09. The number of benzene rings is 1. The number of rotatable bonds is 6. The summed E-state index contributed by atoms with van der Waals surface area (Å²) in [5.41, 5.74) is 1.28. The van der Waals surface area contributed by atoms with Crippen molar-refractivity contribution in [2.75, 3.05) is 18.0 Å². The van der Waals surface area contributed by atoms with E-state index in [-0.39, 0.29) is 0 Å². The first kappa shape index (κ1) is 15.9. The predicted octanol–water partition coefficient (Wildman–Crippen LogP) is 5.05. The van der Waals surface area contributed by atoms with Gasteiger partial charge in [-0.05, 0) is 25.0 Å². The first-order chi connectivity index (χ1) is 9.54. The second kappa shape index (κ2) is 6.99. The van der Waals surface area contributed by atoms with Crippen molar-refractivity contribution >= 4 is 30.5 Å². The Morgan fingerprint density at radius 2 is 1.85 bits per heavy atom. The van der Waals surface area contributed by atoms with E-state index in [4.69, 9.17) is 11.6 Å². The fraction of sp³-hybridized carbons (Fsp3) is 0.647. The number of anilines is 1. The summed E-state index contributed by atoms with van der Waals surface area (Å²) in [7, 11) is -1.31. The topological polar surface area (TPSA) is 3.24 Å². The van der Waals surface area contributed by atoms with Crippen LogP contribution in [-0.2, 0) is 0 Å². The van der Waals surface area contributed by atoms with E-state index in [2.05, 4.69) is 43.1 Å². The van der Waals surface area contributed by atoms with Crippen LogP contribution in [0.2, 0.25) is 24.2 Å². The lowest BCUT2D eigenvalue weighted by molar-refractivity contribution is 0.764. The van der Waals surface area contributed by atoms with E-state index < -0.39 is 8.07 Å². The molecule has 0 unspecified atom stereocenters. The van der Waals surface area contributed by atoms with Crippen LogP contribution in [-0.4, -0.2) is 21.2 Å². The van der Waals surface area contributed by atoms with E-state index in [1.54, 1.807) is 5.19 Å². The molecule has 0 saturated carbocycles. The highest BCUT2D eigenvalue weighted by atomic mass is 35.5. The van der Waals surface area contributed by atoms with Gasteiger partial charge >= 0.3 is 0 Å². The van der Waals surface area contributed by atoms with Crippen LogP contribution in [0.15, 0.2) is 18.2 Å². The molecule has 20 heavy (non-hydrogen) atoms. The molecular formula is C17H28ClNSi. The van der Waals surface area contributed by atoms with E-state index in [9.17, 15) is 0 Å². The highest BCUT2D eigenvalue weighted by molar-refractivity contribution is 6.89. The quantitative estimate of drug-likeness (QED) is 0.525. The Morgan fingerprint density at radius 1 is 1.15 bits per heavy atom. The largest absolute Gasteiger partial charge is 0.370 e. The third-order valence-corrected chi connectivity index (χ3v) is 8.38. The Balaban J connectivity index is 2.17. The van der Waals surface area contributed by atoms with E-state index in [1.165, 1.54) is 56.9 Å². The highest BCUT2D eigenvalue weighted by Gasteiger charge is 2.25. The summed E-state index contributed by atoms with van der Waals surface area (Å²) in [6, 6.07) is 8.19. The Morgan fingerprint density at radius 3 is 2.50 bits per heavy atom. The maximum absolute atomic E-state index is 6.43. The van der Waals surface area contributed by atoms with Gasteiger partial charge in [-0.15, -0.1) is 0 Å². The van der Waals surface area contributed by atoms with Crippen molar-refractivity contribution in [1.29, 1.82) is 0 Å². The van der Waals surface area contributed by atoms with Gasteiger partial charge in [-0.3, -0.25) is 0 Å². The first-order valence-corrected chi connectivity index (χ1v) is 11.7. The summed E-state index contributed by atoms with van der Waals surface area (Å²) in [5.74, 6) is 0. The predicted molar refractivity (Wildman–Crippen MR) is 94.3 cm³/mol. The second-order valence-corrected chi connectivity index (χ2v) is 12.0. The van der Waals surface area contributed by atoms with E-state index in [0.29, 0.717) is 0 Å². The molecule has 1 saturated heterocycles. The third-order valence-electron chi connectivity index (χ3n) is 4.58. The number of nitrogens with zero attached hydrogens (tertiary/aromatic N) is 1.